The SMILES string of the molecule is O=C(O)[C@@H](Cc1cccc(CN2CC(Oc3cccc(C[C@H](C(=O)O)[C@H]4CCNC4)c3)CCC2c2cccc(C[C@H](C(=O)O)[C@H]3CCNC3)c2)c1)[C@H]1CCNC1. The third-order valence-electron chi connectivity index (χ3n) is 12.9. The van der Waals surface area contributed by atoms with Crippen molar-refractivity contribution in [1.82, 2.24) is 20.9 Å². The molecule has 0 saturated carbocycles. The van der Waals surface area contributed by atoms with Crippen molar-refractivity contribution in [1.29, 1.82) is 0 Å². The number of carboxylic acid groups (broad SMARTS) is 3. The van der Waals surface area contributed by atoms with Crippen LogP contribution in [-0.4, -0.2) is 90.0 Å². The molecule has 11 heteroatoms. The minimum absolute atomic E-state index is 0.0777. The van der Waals surface area contributed by atoms with E-state index in [0.717, 1.165) is 105 Å². The van der Waals surface area contributed by atoms with Crippen molar-refractivity contribution in [3.05, 3.63) is 101 Å². The van der Waals surface area contributed by atoms with E-state index >= 15 is 0 Å². The summed E-state index contributed by atoms with van der Waals surface area (Å²) in [6.45, 7) is 6.07. The van der Waals surface area contributed by atoms with Crippen LogP contribution in [0.1, 0.15) is 66.0 Å². The first-order valence-corrected chi connectivity index (χ1v) is 20.7. The van der Waals surface area contributed by atoms with Crippen LogP contribution in [0.15, 0.2) is 72.8 Å². The van der Waals surface area contributed by atoms with E-state index in [1.807, 2.05) is 42.5 Å². The first-order valence-electron chi connectivity index (χ1n) is 20.7. The number of carbonyl (C=O) groups is 3. The molecule has 4 aliphatic heterocycles. The highest BCUT2D eigenvalue weighted by Gasteiger charge is 2.35. The Balaban J connectivity index is 1.10. The fraction of sp³-hybridized carbons (Fsp3) is 0.533. The molecule has 7 rings (SSSR count). The maximum atomic E-state index is 12.4. The lowest BCUT2D eigenvalue weighted by atomic mass is 9.85. The van der Waals surface area contributed by atoms with Crippen LogP contribution in [0.25, 0.3) is 0 Å². The van der Waals surface area contributed by atoms with E-state index in [1.54, 1.807) is 0 Å². The van der Waals surface area contributed by atoms with Gasteiger partial charge in [-0.1, -0.05) is 60.7 Å². The molecule has 4 aliphatic rings. The molecule has 8 atom stereocenters. The Morgan fingerprint density at radius 1 is 0.607 bits per heavy atom. The number of hydrogen-bond acceptors (Lipinski definition) is 8. The molecule has 2 unspecified atom stereocenters. The predicted molar refractivity (Wildman–Crippen MR) is 214 cm³/mol. The fourth-order valence-corrected chi connectivity index (χ4v) is 9.80. The van der Waals surface area contributed by atoms with E-state index in [1.165, 1.54) is 0 Å². The van der Waals surface area contributed by atoms with Gasteiger partial charge in [-0.25, -0.2) is 0 Å². The molecule has 0 spiro atoms. The van der Waals surface area contributed by atoms with Crippen molar-refractivity contribution in [2.45, 2.75) is 70.1 Å². The topological polar surface area (TPSA) is 160 Å². The Hall–Kier alpha value is -4.29. The van der Waals surface area contributed by atoms with Crippen LogP contribution in [-0.2, 0) is 40.2 Å². The zero-order valence-corrected chi connectivity index (χ0v) is 32.3. The van der Waals surface area contributed by atoms with Gasteiger partial charge in [0.2, 0.25) is 0 Å². The summed E-state index contributed by atoms with van der Waals surface area (Å²) in [5.74, 6) is -2.47. The standard InChI is InChI=1S/C45H58N4O7/c50-43(51)39(34-12-15-46-24-34)21-29-4-1-7-32(18-29)27-49-28-38(56-37-9-3-6-31(20-37)23-41(45(54)55)36-14-17-48-26-36)10-11-42(49)33-8-2-5-30(19-33)22-40(44(52)53)35-13-16-47-25-35/h1-9,18-20,34-36,38-42,46-48H,10-17,21-28H2,(H,50,51)(H,52,53)(H,54,55)/t34-,35-,36-,38?,39-,40-,41-,42?/m0/s1. The molecule has 4 saturated heterocycles. The molecule has 11 nitrogen and oxygen atoms in total. The lowest BCUT2D eigenvalue weighted by Gasteiger charge is -2.40. The van der Waals surface area contributed by atoms with E-state index in [-0.39, 0.29) is 29.9 Å². The van der Waals surface area contributed by atoms with E-state index in [9.17, 15) is 29.7 Å². The number of benzene rings is 3. The maximum absolute atomic E-state index is 12.4. The number of rotatable bonds is 17. The zero-order valence-electron chi connectivity index (χ0n) is 32.3. The van der Waals surface area contributed by atoms with Crippen LogP contribution < -0.4 is 20.7 Å². The molecule has 0 bridgehead atoms. The highest BCUT2D eigenvalue weighted by Crippen LogP contribution is 2.36. The molecule has 4 fully saturated rings. The van der Waals surface area contributed by atoms with Crippen molar-refractivity contribution in [2.75, 3.05) is 45.8 Å². The second kappa shape index (κ2) is 18.8. The van der Waals surface area contributed by atoms with Crippen LogP contribution in [0.3, 0.4) is 0 Å². The third kappa shape index (κ3) is 10.2. The summed E-state index contributed by atoms with van der Waals surface area (Å²) < 4.78 is 6.69. The Morgan fingerprint density at radius 3 is 1.61 bits per heavy atom. The summed E-state index contributed by atoms with van der Waals surface area (Å²) in [6, 6.07) is 24.8. The highest BCUT2D eigenvalue weighted by atomic mass is 16.5. The molecule has 6 N–H and O–H groups in total. The average molecular weight is 767 g/mol. The molecule has 3 aromatic rings. The van der Waals surface area contributed by atoms with Gasteiger partial charge in [-0.05, 0) is 148 Å². The molecular weight excluding hydrogens is 709 g/mol. The largest absolute Gasteiger partial charge is 0.489 e. The molecule has 0 aliphatic carbocycles. The summed E-state index contributed by atoms with van der Waals surface area (Å²) in [5.41, 5.74) is 5.29. The van der Waals surface area contributed by atoms with Gasteiger partial charge in [0.25, 0.3) is 0 Å². The van der Waals surface area contributed by atoms with Crippen molar-refractivity contribution < 1.29 is 34.4 Å². The summed E-state index contributed by atoms with van der Waals surface area (Å²) in [6.07, 6.45) is 5.63. The van der Waals surface area contributed by atoms with Gasteiger partial charge >= 0.3 is 17.9 Å². The fourth-order valence-electron chi connectivity index (χ4n) is 9.80. The number of likely N-dealkylation sites (tertiary alicyclic amines) is 1. The van der Waals surface area contributed by atoms with Crippen molar-refractivity contribution in [2.24, 2.45) is 35.5 Å². The van der Waals surface area contributed by atoms with Crippen molar-refractivity contribution >= 4 is 17.9 Å². The van der Waals surface area contributed by atoms with E-state index in [4.69, 9.17) is 4.74 Å². The molecule has 56 heavy (non-hydrogen) atoms. The van der Waals surface area contributed by atoms with Crippen LogP contribution in [0.4, 0.5) is 0 Å². The molecule has 300 valence electrons. The number of ether oxygens (including phenoxy) is 1. The molecule has 0 aromatic heterocycles. The maximum Gasteiger partial charge on any atom is 0.307 e. The van der Waals surface area contributed by atoms with Crippen LogP contribution in [0, 0.1) is 35.5 Å². The van der Waals surface area contributed by atoms with E-state index in [0.29, 0.717) is 32.4 Å². The molecule has 0 amide bonds. The Morgan fingerprint density at radius 2 is 1.09 bits per heavy atom. The van der Waals surface area contributed by atoms with Gasteiger partial charge in [0, 0.05) is 19.1 Å². The van der Waals surface area contributed by atoms with Gasteiger partial charge in [0.15, 0.2) is 0 Å². The van der Waals surface area contributed by atoms with Gasteiger partial charge in [-0.3, -0.25) is 19.3 Å². The van der Waals surface area contributed by atoms with E-state index < -0.39 is 35.7 Å². The normalized spacial score (nSPS) is 25.8. The Kier molecular flexibility index (Phi) is 13.4. The summed E-state index contributed by atoms with van der Waals surface area (Å²) in [4.78, 5) is 39.4. The first kappa shape index (κ1) is 39.9. The van der Waals surface area contributed by atoms with Crippen LogP contribution >= 0.6 is 0 Å². The van der Waals surface area contributed by atoms with E-state index in [2.05, 4.69) is 51.2 Å². The third-order valence-corrected chi connectivity index (χ3v) is 12.9. The number of carboxylic acids is 3. The monoisotopic (exact) mass is 766 g/mol. The molecule has 0 radical (unpaired) electrons. The first-order chi connectivity index (χ1) is 27.2. The highest BCUT2D eigenvalue weighted by molar-refractivity contribution is 5.72. The van der Waals surface area contributed by atoms with Crippen LogP contribution in [0.2, 0.25) is 0 Å². The van der Waals surface area contributed by atoms with Crippen molar-refractivity contribution in [3.8, 4) is 5.75 Å². The average Bonchev–Trinajstić information content (AvgIpc) is 4.01. The Bertz CT molecular complexity index is 1800. The molecule has 3 aromatic carbocycles. The minimum atomic E-state index is -0.754. The van der Waals surface area contributed by atoms with Gasteiger partial charge < -0.3 is 36.0 Å². The number of nitrogens with zero attached hydrogens (tertiary/aromatic N) is 1. The zero-order chi connectivity index (χ0) is 39.0. The quantitative estimate of drug-likeness (QED) is 0.109. The second-order valence-corrected chi connectivity index (χ2v) is 16.7. The number of hydrogen-bond donors (Lipinski definition) is 6. The second-order valence-electron chi connectivity index (χ2n) is 16.7. The molecular formula is C45H58N4O7. The summed E-state index contributed by atoms with van der Waals surface area (Å²) in [7, 11) is 0. The minimum Gasteiger partial charge on any atom is -0.489 e. The van der Waals surface area contributed by atoms with Gasteiger partial charge in [-0.15, -0.1) is 0 Å². The molecule has 4 heterocycles. The summed E-state index contributed by atoms with van der Waals surface area (Å²) >= 11 is 0. The lowest BCUT2D eigenvalue weighted by Crippen LogP contribution is -2.42. The number of piperidine rings is 1. The smallest absolute Gasteiger partial charge is 0.307 e. The Labute approximate surface area is 330 Å². The number of aliphatic carboxylic acids is 3. The van der Waals surface area contributed by atoms with Gasteiger partial charge in [-0.2, -0.15) is 0 Å². The van der Waals surface area contributed by atoms with Gasteiger partial charge in [0.05, 0.1) is 17.8 Å². The van der Waals surface area contributed by atoms with Crippen LogP contribution in [0.5, 0.6) is 5.75 Å². The summed E-state index contributed by atoms with van der Waals surface area (Å²) in [5, 5.41) is 40.3. The van der Waals surface area contributed by atoms with Gasteiger partial charge in [0.1, 0.15) is 11.9 Å². The lowest BCUT2D eigenvalue weighted by molar-refractivity contribution is -0.144. The van der Waals surface area contributed by atoms with Crippen molar-refractivity contribution in [3.63, 3.8) is 0 Å². The number of nitrogens with one attached hydrogen (secondary N) is 3. The predicted octanol–water partition coefficient (Wildman–Crippen LogP) is 5.03.